The summed E-state index contributed by atoms with van der Waals surface area (Å²) < 4.78 is 7.19. The predicted octanol–water partition coefficient (Wildman–Crippen LogP) is 5.74. The molecule has 2 aliphatic rings. The van der Waals surface area contributed by atoms with E-state index in [-0.39, 0.29) is 5.97 Å². The summed E-state index contributed by atoms with van der Waals surface area (Å²) in [6.07, 6.45) is 9.09. The Hall–Kier alpha value is -3.14. The summed E-state index contributed by atoms with van der Waals surface area (Å²) in [5.74, 6) is 0.152. The number of carbonyl (C=O) groups is 2. The van der Waals surface area contributed by atoms with Crippen LogP contribution in [-0.2, 0) is 16.1 Å². The number of aromatic nitrogens is 1. The zero-order chi connectivity index (χ0) is 20.7. The van der Waals surface area contributed by atoms with Crippen molar-refractivity contribution in [3.05, 3.63) is 64.7 Å². The number of rotatable bonds is 3. The van der Waals surface area contributed by atoms with Gasteiger partial charge in [-0.25, -0.2) is 4.79 Å². The third-order valence-corrected chi connectivity index (χ3v) is 6.59. The van der Waals surface area contributed by atoms with Gasteiger partial charge in [-0.1, -0.05) is 49.6 Å². The van der Waals surface area contributed by atoms with Gasteiger partial charge in [-0.05, 0) is 48.1 Å². The number of ether oxygens (including phenoxy) is 1. The monoisotopic (exact) mass is 399 g/mol. The summed E-state index contributed by atoms with van der Waals surface area (Å²) in [6.45, 7) is 0.501. The molecule has 5 rings (SSSR count). The van der Waals surface area contributed by atoms with E-state index in [9.17, 15) is 9.59 Å². The molecular weight excluding hydrogens is 374 g/mol. The SMILES string of the molecule is COC(=O)c1ccc2c(C3CCCCC3)c3n(c2c1)CC(C=O)=Cc1ccccc1-3. The second-order valence-corrected chi connectivity index (χ2v) is 8.33. The van der Waals surface area contributed by atoms with Crippen LogP contribution in [-0.4, -0.2) is 23.9 Å². The molecule has 0 bridgehead atoms. The van der Waals surface area contributed by atoms with E-state index in [1.807, 2.05) is 24.3 Å². The van der Waals surface area contributed by atoms with Crippen molar-refractivity contribution >= 4 is 29.2 Å². The minimum Gasteiger partial charge on any atom is -0.465 e. The van der Waals surface area contributed by atoms with Gasteiger partial charge in [-0.3, -0.25) is 4.79 Å². The molecule has 0 N–H and O–H groups in total. The molecule has 1 saturated carbocycles. The van der Waals surface area contributed by atoms with E-state index in [0.717, 1.165) is 28.5 Å². The van der Waals surface area contributed by atoms with Crippen molar-refractivity contribution in [1.82, 2.24) is 4.57 Å². The number of nitrogens with zero attached hydrogens (tertiary/aromatic N) is 1. The molecule has 1 fully saturated rings. The molecule has 152 valence electrons. The molecule has 0 atom stereocenters. The second-order valence-electron chi connectivity index (χ2n) is 8.33. The summed E-state index contributed by atoms with van der Waals surface area (Å²) in [5.41, 5.74) is 7.07. The fraction of sp³-hybridized carbons (Fsp3) is 0.308. The van der Waals surface area contributed by atoms with Gasteiger partial charge in [-0.2, -0.15) is 0 Å². The van der Waals surface area contributed by atoms with Crippen LogP contribution in [0.2, 0.25) is 0 Å². The molecule has 1 aliphatic heterocycles. The van der Waals surface area contributed by atoms with Gasteiger partial charge < -0.3 is 9.30 Å². The van der Waals surface area contributed by atoms with Gasteiger partial charge in [0.2, 0.25) is 0 Å². The molecule has 0 amide bonds. The van der Waals surface area contributed by atoms with Crippen LogP contribution in [0.4, 0.5) is 0 Å². The molecule has 2 heterocycles. The zero-order valence-electron chi connectivity index (χ0n) is 17.2. The Balaban J connectivity index is 1.85. The van der Waals surface area contributed by atoms with E-state index in [0.29, 0.717) is 18.0 Å². The summed E-state index contributed by atoms with van der Waals surface area (Å²) in [4.78, 5) is 24.1. The lowest BCUT2D eigenvalue weighted by Gasteiger charge is -2.24. The van der Waals surface area contributed by atoms with Gasteiger partial charge >= 0.3 is 5.97 Å². The second kappa shape index (κ2) is 7.60. The molecule has 0 saturated heterocycles. The van der Waals surface area contributed by atoms with Crippen molar-refractivity contribution in [2.45, 2.75) is 44.6 Å². The van der Waals surface area contributed by atoms with E-state index < -0.39 is 0 Å². The molecule has 4 nitrogen and oxygen atoms in total. The van der Waals surface area contributed by atoms with Gasteiger partial charge in [0.25, 0.3) is 0 Å². The molecule has 2 aromatic carbocycles. The lowest BCUT2D eigenvalue weighted by molar-refractivity contribution is -0.105. The van der Waals surface area contributed by atoms with Gasteiger partial charge in [0.05, 0.1) is 24.9 Å². The summed E-state index contributed by atoms with van der Waals surface area (Å²) in [5, 5.41) is 1.19. The number of methoxy groups -OCH3 is 1. The van der Waals surface area contributed by atoms with Crippen molar-refractivity contribution in [2.24, 2.45) is 0 Å². The average molecular weight is 399 g/mol. The van der Waals surface area contributed by atoms with Crippen molar-refractivity contribution < 1.29 is 14.3 Å². The van der Waals surface area contributed by atoms with E-state index in [4.69, 9.17) is 4.74 Å². The Morgan fingerprint density at radius 1 is 1.10 bits per heavy atom. The highest BCUT2D eigenvalue weighted by molar-refractivity contribution is 6.00. The van der Waals surface area contributed by atoms with Crippen LogP contribution < -0.4 is 0 Å². The first-order chi connectivity index (χ1) is 14.7. The van der Waals surface area contributed by atoms with Crippen LogP contribution in [0, 0.1) is 0 Å². The maximum atomic E-state index is 12.2. The molecule has 0 radical (unpaired) electrons. The molecule has 4 heteroatoms. The summed E-state index contributed by atoms with van der Waals surface area (Å²) in [7, 11) is 1.40. The summed E-state index contributed by atoms with van der Waals surface area (Å²) in [6, 6.07) is 14.2. The highest BCUT2D eigenvalue weighted by Gasteiger charge is 2.29. The highest BCUT2D eigenvalue weighted by atomic mass is 16.5. The smallest absolute Gasteiger partial charge is 0.337 e. The minimum absolute atomic E-state index is 0.341. The Bertz CT molecular complexity index is 1180. The number of benzene rings is 2. The molecule has 1 aliphatic carbocycles. The molecular formula is C26H25NO3. The number of hydrogen-bond acceptors (Lipinski definition) is 3. The van der Waals surface area contributed by atoms with E-state index in [1.165, 1.54) is 55.9 Å². The van der Waals surface area contributed by atoms with Crippen LogP contribution >= 0.6 is 0 Å². The standard InChI is InChI=1S/C26H25NO3/c1-30-26(29)20-11-12-22-23(14-20)27-15-17(16-28)13-19-9-5-6-10-21(19)25(27)24(22)18-7-3-2-4-8-18/h5-6,9-14,16,18H,2-4,7-8,15H2,1H3. The van der Waals surface area contributed by atoms with Crippen LogP contribution in [0.3, 0.4) is 0 Å². The lowest BCUT2D eigenvalue weighted by atomic mass is 9.81. The summed E-state index contributed by atoms with van der Waals surface area (Å²) >= 11 is 0. The van der Waals surface area contributed by atoms with Gasteiger partial charge in [0.15, 0.2) is 0 Å². The number of esters is 1. The van der Waals surface area contributed by atoms with Gasteiger partial charge in [-0.15, -0.1) is 0 Å². The Morgan fingerprint density at radius 3 is 2.67 bits per heavy atom. The minimum atomic E-state index is -0.341. The Morgan fingerprint density at radius 2 is 1.90 bits per heavy atom. The van der Waals surface area contributed by atoms with Crippen LogP contribution in [0.5, 0.6) is 0 Å². The first-order valence-electron chi connectivity index (χ1n) is 10.7. The molecule has 1 aromatic heterocycles. The van der Waals surface area contributed by atoms with Crippen LogP contribution in [0.15, 0.2) is 48.0 Å². The first-order valence-corrected chi connectivity index (χ1v) is 10.7. The maximum absolute atomic E-state index is 12.2. The van der Waals surface area contributed by atoms with Crippen molar-refractivity contribution in [3.63, 3.8) is 0 Å². The quantitative estimate of drug-likeness (QED) is 0.417. The average Bonchev–Trinajstić information content (AvgIpc) is 3.01. The highest BCUT2D eigenvalue weighted by Crippen LogP contribution is 2.46. The van der Waals surface area contributed by atoms with Gasteiger partial charge in [0, 0.05) is 22.0 Å². The number of hydrogen-bond donors (Lipinski definition) is 0. The molecule has 0 unspecified atom stereocenters. The van der Waals surface area contributed by atoms with Crippen LogP contribution in [0.1, 0.15) is 59.5 Å². The Kier molecular flexibility index (Phi) is 4.78. The normalized spacial score (nSPS) is 16.4. The topological polar surface area (TPSA) is 48.3 Å². The largest absolute Gasteiger partial charge is 0.465 e. The lowest BCUT2D eigenvalue weighted by Crippen LogP contribution is -2.07. The Labute approximate surface area is 176 Å². The van der Waals surface area contributed by atoms with Gasteiger partial charge in [0.1, 0.15) is 6.29 Å². The van der Waals surface area contributed by atoms with E-state index >= 15 is 0 Å². The third kappa shape index (κ3) is 2.98. The number of aldehydes is 1. The predicted molar refractivity (Wildman–Crippen MR) is 119 cm³/mol. The zero-order valence-corrected chi connectivity index (χ0v) is 17.2. The number of carbonyl (C=O) groups excluding carboxylic acids is 2. The molecule has 3 aromatic rings. The maximum Gasteiger partial charge on any atom is 0.337 e. The fourth-order valence-electron chi connectivity index (χ4n) is 5.22. The first kappa shape index (κ1) is 18.9. The third-order valence-electron chi connectivity index (χ3n) is 6.59. The number of fused-ring (bicyclic) bond motifs is 5. The van der Waals surface area contributed by atoms with Crippen molar-refractivity contribution in [2.75, 3.05) is 7.11 Å². The van der Waals surface area contributed by atoms with E-state index in [2.05, 4.69) is 28.8 Å². The molecule has 0 spiro atoms. The number of allylic oxidation sites excluding steroid dienone is 1. The fourth-order valence-corrected chi connectivity index (χ4v) is 5.22. The van der Waals surface area contributed by atoms with Crippen molar-refractivity contribution in [3.8, 4) is 11.3 Å². The molecule has 30 heavy (non-hydrogen) atoms. The van der Waals surface area contributed by atoms with Crippen LogP contribution in [0.25, 0.3) is 28.2 Å². The van der Waals surface area contributed by atoms with Crippen molar-refractivity contribution in [1.29, 1.82) is 0 Å². The van der Waals surface area contributed by atoms with E-state index in [1.54, 1.807) is 0 Å².